The highest BCUT2D eigenvalue weighted by atomic mass is 16.5. The van der Waals surface area contributed by atoms with Crippen LogP contribution >= 0.6 is 0 Å². The first-order valence-corrected chi connectivity index (χ1v) is 4.92. The van der Waals surface area contributed by atoms with E-state index in [0.717, 1.165) is 0 Å². The Hall–Kier alpha value is -1.06. The Labute approximate surface area is 84.3 Å². The molecule has 0 heterocycles. The number of esters is 1. The van der Waals surface area contributed by atoms with Gasteiger partial charge in [0.2, 0.25) is 0 Å². The SMILES string of the molecule is CCOC(=O)C(CC)CC(C)C(=O)O. The van der Waals surface area contributed by atoms with E-state index in [2.05, 4.69) is 0 Å². The van der Waals surface area contributed by atoms with Crippen LogP contribution in [0.4, 0.5) is 0 Å². The van der Waals surface area contributed by atoms with Gasteiger partial charge in [0.1, 0.15) is 0 Å². The largest absolute Gasteiger partial charge is 0.481 e. The minimum Gasteiger partial charge on any atom is -0.481 e. The standard InChI is InChI=1S/C10H18O4/c1-4-8(10(13)14-5-2)6-7(3)9(11)12/h7-8H,4-6H2,1-3H3,(H,11,12). The van der Waals surface area contributed by atoms with Crippen molar-refractivity contribution < 1.29 is 19.4 Å². The molecule has 0 aliphatic rings. The summed E-state index contributed by atoms with van der Waals surface area (Å²) in [6.45, 7) is 5.54. The van der Waals surface area contributed by atoms with Gasteiger partial charge in [-0.25, -0.2) is 0 Å². The summed E-state index contributed by atoms with van der Waals surface area (Å²) >= 11 is 0. The van der Waals surface area contributed by atoms with Gasteiger partial charge in [-0.05, 0) is 19.8 Å². The summed E-state index contributed by atoms with van der Waals surface area (Å²) < 4.78 is 4.84. The van der Waals surface area contributed by atoms with Gasteiger partial charge in [-0.1, -0.05) is 13.8 Å². The molecule has 0 aliphatic heterocycles. The second-order valence-corrected chi connectivity index (χ2v) is 3.33. The molecule has 0 aromatic rings. The van der Waals surface area contributed by atoms with Crippen molar-refractivity contribution in [2.75, 3.05) is 6.61 Å². The zero-order valence-electron chi connectivity index (χ0n) is 8.95. The van der Waals surface area contributed by atoms with Crippen LogP contribution in [0.5, 0.6) is 0 Å². The first-order chi connectivity index (χ1) is 6.52. The smallest absolute Gasteiger partial charge is 0.308 e. The predicted octanol–water partition coefficient (Wildman–Crippen LogP) is 1.69. The van der Waals surface area contributed by atoms with Crippen molar-refractivity contribution in [2.45, 2.75) is 33.6 Å². The summed E-state index contributed by atoms with van der Waals surface area (Å²) in [7, 11) is 0. The number of carbonyl (C=O) groups is 2. The van der Waals surface area contributed by atoms with E-state index in [1.807, 2.05) is 6.92 Å². The Bertz CT molecular complexity index is 200. The van der Waals surface area contributed by atoms with Gasteiger partial charge < -0.3 is 9.84 Å². The lowest BCUT2D eigenvalue weighted by Gasteiger charge is -2.15. The second kappa shape index (κ2) is 6.40. The predicted molar refractivity (Wildman–Crippen MR) is 51.8 cm³/mol. The van der Waals surface area contributed by atoms with Crippen LogP contribution in [0, 0.1) is 11.8 Å². The highest BCUT2D eigenvalue weighted by Gasteiger charge is 2.23. The summed E-state index contributed by atoms with van der Waals surface area (Å²) in [6, 6.07) is 0. The third-order valence-electron chi connectivity index (χ3n) is 2.17. The minimum atomic E-state index is -0.868. The topological polar surface area (TPSA) is 63.6 Å². The molecule has 0 fully saturated rings. The number of carboxylic acid groups (broad SMARTS) is 1. The summed E-state index contributed by atoms with van der Waals surface area (Å²) in [5.41, 5.74) is 0. The second-order valence-electron chi connectivity index (χ2n) is 3.33. The first-order valence-electron chi connectivity index (χ1n) is 4.92. The third-order valence-corrected chi connectivity index (χ3v) is 2.17. The van der Waals surface area contributed by atoms with Crippen LogP contribution in [0.25, 0.3) is 0 Å². The van der Waals surface area contributed by atoms with Gasteiger partial charge in [-0.15, -0.1) is 0 Å². The Morgan fingerprint density at radius 1 is 1.36 bits per heavy atom. The van der Waals surface area contributed by atoms with E-state index in [9.17, 15) is 9.59 Å². The molecular formula is C10H18O4. The fraction of sp³-hybridized carbons (Fsp3) is 0.800. The third kappa shape index (κ3) is 4.25. The molecule has 4 nitrogen and oxygen atoms in total. The summed E-state index contributed by atoms with van der Waals surface area (Å²) in [4.78, 5) is 21.9. The highest BCUT2D eigenvalue weighted by Crippen LogP contribution is 2.17. The van der Waals surface area contributed by atoms with E-state index >= 15 is 0 Å². The van der Waals surface area contributed by atoms with Crippen molar-refractivity contribution >= 4 is 11.9 Å². The monoisotopic (exact) mass is 202 g/mol. The van der Waals surface area contributed by atoms with Gasteiger partial charge in [-0.2, -0.15) is 0 Å². The zero-order valence-corrected chi connectivity index (χ0v) is 8.95. The Kier molecular flexibility index (Phi) is 5.92. The van der Waals surface area contributed by atoms with Crippen molar-refractivity contribution in [2.24, 2.45) is 11.8 Å². The summed E-state index contributed by atoms with van der Waals surface area (Å²) in [5.74, 6) is -1.94. The number of aliphatic carboxylic acids is 1. The fourth-order valence-electron chi connectivity index (χ4n) is 1.22. The number of carbonyl (C=O) groups excluding carboxylic acids is 1. The van der Waals surface area contributed by atoms with Gasteiger partial charge in [0.15, 0.2) is 0 Å². The van der Waals surface area contributed by atoms with Gasteiger partial charge in [0, 0.05) is 0 Å². The van der Waals surface area contributed by atoms with Crippen LogP contribution in [-0.2, 0) is 14.3 Å². The van der Waals surface area contributed by atoms with Crippen molar-refractivity contribution in [3.05, 3.63) is 0 Å². The van der Waals surface area contributed by atoms with Crippen LogP contribution in [-0.4, -0.2) is 23.7 Å². The molecule has 0 rings (SSSR count). The average molecular weight is 202 g/mol. The maximum Gasteiger partial charge on any atom is 0.308 e. The number of rotatable bonds is 6. The van der Waals surface area contributed by atoms with Crippen LogP contribution in [0.2, 0.25) is 0 Å². The molecule has 0 spiro atoms. The Balaban J connectivity index is 4.14. The van der Waals surface area contributed by atoms with Crippen LogP contribution in [0.1, 0.15) is 33.6 Å². The van der Waals surface area contributed by atoms with E-state index in [1.165, 1.54) is 0 Å². The maximum absolute atomic E-state index is 11.3. The van der Waals surface area contributed by atoms with Crippen LogP contribution in [0.3, 0.4) is 0 Å². The summed E-state index contributed by atoms with van der Waals surface area (Å²) in [5, 5.41) is 8.69. The van der Waals surface area contributed by atoms with E-state index in [1.54, 1.807) is 13.8 Å². The number of carboxylic acids is 1. The van der Waals surface area contributed by atoms with E-state index < -0.39 is 11.9 Å². The van der Waals surface area contributed by atoms with Crippen molar-refractivity contribution in [1.82, 2.24) is 0 Å². The number of ether oxygens (including phenoxy) is 1. The minimum absolute atomic E-state index is 0.289. The number of hydrogen-bond acceptors (Lipinski definition) is 3. The molecule has 4 heteroatoms. The fourth-order valence-corrected chi connectivity index (χ4v) is 1.22. The molecule has 14 heavy (non-hydrogen) atoms. The molecule has 0 aromatic carbocycles. The van der Waals surface area contributed by atoms with Crippen molar-refractivity contribution in [3.8, 4) is 0 Å². The Morgan fingerprint density at radius 3 is 2.29 bits per heavy atom. The lowest BCUT2D eigenvalue weighted by molar-refractivity contribution is -0.150. The zero-order chi connectivity index (χ0) is 11.1. The van der Waals surface area contributed by atoms with Crippen LogP contribution in [0.15, 0.2) is 0 Å². The van der Waals surface area contributed by atoms with Crippen molar-refractivity contribution in [3.63, 3.8) is 0 Å². The summed E-state index contributed by atoms with van der Waals surface area (Å²) in [6.07, 6.45) is 0.973. The molecular weight excluding hydrogens is 184 g/mol. The van der Waals surface area contributed by atoms with Gasteiger partial charge in [-0.3, -0.25) is 9.59 Å². The van der Waals surface area contributed by atoms with E-state index in [4.69, 9.17) is 9.84 Å². The van der Waals surface area contributed by atoms with E-state index in [0.29, 0.717) is 19.4 Å². The normalized spacial score (nSPS) is 14.5. The lowest BCUT2D eigenvalue weighted by atomic mass is 9.94. The molecule has 0 bridgehead atoms. The number of hydrogen-bond donors (Lipinski definition) is 1. The molecule has 82 valence electrons. The highest BCUT2D eigenvalue weighted by molar-refractivity contribution is 5.74. The molecule has 1 N–H and O–H groups in total. The molecule has 0 aromatic heterocycles. The molecule has 2 unspecified atom stereocenters. The van der Waals surface area contributed by atoms with Gasteiger partial charge >= 0.3 is 11.9 Å². The maximum atomic E-state index is 11.3. The van der Waals surface area contributed by atoms with Gasteiger partial charge in [0.05, 0.1) is 18.4 Å². The van der Waals surface area contributed by atoms with Crippen molar-refractivity contribution in [1.29, 1.82) is 0 Å². The molecule has 0 saturated carbocycles. The lowest BCUT2D eigenvalue weighted by Crippen LogP contribution is -2.22. The van der Waals surface area contributed by atoms with Gasteiger partial charge in [0.25, 0.3) is 0 Å². The molecule has 0 radical (unpaired) electrons. The molecule has 0 saturated heterocycles. The van der Waals surface area contributed by atoms with Crippen LogP contribution < -0.4 is 0 Å². The molecule has 0 aliphatic carbocycles. The quantitative estimate of drug-likeness (QED) is 0.666. The Morgan fingerprint density at radius 2 is 1.93 bits per heavy atom. The molecule has 2 atom stereocenters. The average Bonchev–Trinajstić information content (AvgIpc) is 2.13. The molecule has 0 amide bonds. The van der Waals surface area contributed by atoms with E-state index in [-0.39, 0.29) is 11.9 Å². The first kappa shape index (κ1) is 12.9.